The summed E-state index contributed by atoms with van der Waals surface area (Å²) >= 11 is 1.24. The first-order chi connectivity index (χ1) is 35.2. The lowest BCUT2D eigenvalue weighted by atomic mass is 10.0. The molecule has 266 valence electrons. The minimum Gasteiger partial charge on any atom is -0.311 e. The van der Waals surface area contributed by atoms with Gasteiger partial charge in [0.15, 0.2) is 17.5 Å². The van der Waals surface area contributed by atoms with E-state index in [0.717, 1.165) is 16.0 Å². The molecule has 0 atom stereocenters. The van der Waals surface area contributed by atoms with Gasteiger partial charge in [-0.05, 0) is 76.7 Å². The highest BCUT2D eigenvalue weighted by atomic mass is 32.2. The lowest BCUT2D eigenvalue weighted by Gasteiger charge is -2.26. The molecular formula is C51H36N4S. The van der Waals surface area contributed by atoms with Crippen LogP contribution in [0.5, 0.6) is 0 Å². The van der Waals surface area contributed by atoms with Gasteiger partial charge in [-0.15, -0.1) is 0 Å². The molecule has 0 amide bonds. The summed E-state index contributed by atoms with van der Waals surface area (Å²) in [6.07, 6.45) is 0. The zero-order valence-corrected chi connectivity index (χ0v) is 29.9. The van der Waals surface area contributed by atoms with Crippen molar-refractivity contribution in [2.45, 2.75) is 9.79 Å². The van der Waals surface area contributed by atoms with Crippen LogP contribution in [0.3, 0.4) is 0 Å². The van der Waals surface area contributed by atoms with Gasteiger partial charge in [-0.3, -0.25) is 0 Å². The second-order valence-electron chi connectivity index (χ2n) is 11.9. The number of hydrogen-bond donors (Lipinski definition) is 0. The summed E-state index contributed by atoms with van der Waals surface area (Å²) in [6.45, 7) is 0. The van der Waals surface area contributed by atoms with Crippen LogP contribution in [-0.4, -0.2) is 15.0 Å². The monoisotopic (exact) mass is 754 g/mol. The van der Waals surface area contributed by atoms with Crippen molar-refractivity contribution in [3.8, 4) is 56.4 Å². The molecule has 56 heavy (non-hydrogen) atoms. The summed E-state index contributed by atoms with van der Waals surface area (Å²) in [5.41, 5.74) is -2.06. The van der Waals surface area contributed by atoms with Gasteiger partial charge in [0.25, 0.3) is 0 Å². The maximum absolute atomic E-state index is 9.63. The van der Waals surface area contributed by atoms with E-state index >= 15 is 0 Å². The molecule has 0 spiro atoms. The van der Waals surface area contributed by atoms with Crippen LogP contribution >= 0.6 is 11.8 Å². The smallest absolute Gasteiger partial charge is 0.164 e. The molecular weight excluding hydrogens is 701 g/mol. The van der Waals surface area contributed by atoms with E-state index in [1.165, 1.54) is 11.8 Å². The van der Waals surface area contributed by atoms with Crippen molar-refractivity contribution < 1.29 is 24.7 Å². The summed E-state index contributed by atoms with van der Waals surface area (Å²) < 4.78 is 161. The first-order valence-corrected chi connectivity index (χ1v) is 18.0. The Labute approximate surface area is 357 Å². The molecule has 0 radical (unpaired) electrons. The van der Waals surface area contributed by atoms with Crippen molar-refractivity contribution >= 4 is 28.8 Å². The van der Waals surface area contributed by atoms with Gasteiger partial charge in [0.05, 0.1) is 24.7 Å². The number of nitrogens with zero attached hydrogens (tertiary/aromatic N) is 4. The fourth-order valence-corrected chi connectivity index (χ4v) is 6.68. The van der Waals surface area contributed by atoms with E-state index in [4.69, 9.17) is 31.4 Å². The van der Waals surface area contributed by atoms with Gasteiger partial charge in [0.2, 0.25) is 0 Å². The number of aromatic nitrogens is 3. The maximum Gasteiger partial charge on any atom is 0.164 e. The van der Waals surface area contributed by atoms with Crippen LogP contribution in [0.1, 0.15) is 24.7 Å². The third-order valence-corrected chi connectivity index (χ3v) is 9.38. The van der Waals surface area contributed by atoms with E-state index in [1.54, 1.807) is 18.2 Å². The van der Waals surface area contributed by atoms with Crippen molar-refractivity contribution in [2.75, 3.05) is 4.90 Å². The summed E-state index contributed by atoms with van der Waals surface area (Å²) in [4.78, 5) is 16.2. The molecule has 4 nitrogen and oxygen atoms in total. The van der Waals surface area contributed by atoms with Crippen LogP contribution in [0, 0.1) is 0 Å². The van der Waals surface area contributed by atoms with Crippen molar-refractivity contribution in [3.63, 3.8) is 0 Å². The molecule has 0 saturated heterocycles. The summed E-state index contributed by atoms with van der Waals surface area (Å²) in [5, 5.41) is 0. The van der Waals surface area contributed by atoms with Crippen LogP contribution in [0.15, 0.2) is 228 Å². The average molecular weight is 755 g/mol. The largest absolute Gasteiger partial charge is 0.311 e. The zero-order chi connectivity index (χ0) is 53.2. The predicted molar refractivity (Wildman–Crippen MR) is 232 cm³/mol. The highest BCUT2D eigenvalue weighted by Gasteiger charge is 2.17. The topological polar surface area (TPSA) is 41.9 Å². The van der Waals surface area contributed by atoms with Gasteiger partial charge in [0, 0.05) is 43.5 Å². The van der Waals surface area contributed by atoms with Gasteiger partial charge in [0.1, 0.15) is 0 Å². The second kappa shape index (κ2) is 16.1. The minimum absolute atomic E-state index is 0.202. The van der Waals surface area contributed by atoms with Crippen molar-refractivity contribution in [2.24, 2.45) is 0 Å². The maximum atomic E-state index is 9.63. The van der Waals surface area contributed by atoms with Gasteiger partial charge in [-0.2, -0.15) is 0 Å². The number of rotatable bonds is 10. The molecule has 9 rings (SSSR count). The molecule has 0 saturated carbocycles. The zero-order valence-electron chi connectivity index (χ0n) is 47.1. The average Bonchev–Trinajstić information content (AvgIpc) is 3.41. The Balaban J connectivity index is 1.30. The van der Waals surface area contributed by atoms with Crippen LogP contribution in [-0.2, 0) is 0 Å². The van der Waals surface area contributed by atoms with Gasteiger partial charge >= 0.3 is 0 Å². The molecule has 0 unspecified atom stereocenters. The fraction of sp³-hybridized carbons (Fsp3) is 0. The van der Waals surface area contributed by atoms with Crippen molar-refractivity contribution in [3.05, 3.63) is 218 Å². The van der Waals surface area contributed by atoms with E-state index in [-0.39, 0.29) is 17.0 Å². The number of anilines is 3. The van der Waals surface area contributed by atoms with Gasteiger partial charge in [-0.1, -0.05) is 175 Å². The minimum atomic E-state index is -1.04. The molecule has 0 bridgehead atoms. The van der Waals surface area contributed by atoms with E-state index < -0.39 is 137 Å². The molecule has 1 aromatic heterocycles. The Hall–Kier alpha value is -7.08. The molecule has 0 fully saturated rings. The van der Waals surface area contributed by atoms with E-state index in [2.05, 4.69) is 0 Å². The summed E-state index contributed by atoms with van der Waals surface area (Å²) in [6, 6.07) is 16.8. The Morgan fingerprint density at radius 1 is 0.375 bits per heavy atom. The van der Waals surface area contributed by atoms with Crippen LogP contribution in [0.25, 0.3) is 56.4 Å². The molecule has 0 aliphatic carbocycles. The first-order valence-electron chi connectivity index (χ1n) is 26.1. The van der Waals surface area contributed by atoms with Crippen LogP contribution in [0.2, 0.25) is 0 Å². The summed E-state index contributed by atoms with van der Waals surface area (Å²) in [7, 11) is 0. The SMILES string of the molecule is [2H]c1c([2H])c([2H])c(-c2c([2H])c([2H])c(N(c3c([2H])c([2H])c([2H])c([2H])c3[2H])c3c([2H])c([2H])c(-c4ccc(-c5nc(-c6ccccc6)nc(-c6ccccc6)n5)cc4Sc4ccccc4)c([2H])c3[2H])c([2H])c2[2H])c([2H])c1[2H]. The van der Waals surface area contributed by atoms with E-state index in [9.17, 15) is 8.22 Å². The third kappa shape index (κ3) is 7.62. The van der Waals surface area contributed by atoms with Crippen molar-refractivity contribution in [1.29, 1.82) is 0 Å². The van der Waals surface area contributed by atoms with Gasteiger partial charge in [-0.25, -0.2) is 15.0 Å². The van der Waals surface area contributed by atoms with Crippen molar-refractivity contribution in [1.82, 2.24) is 15.0 Å². The second-order valence-corrected chi connectivity index (χ2v) is 13.0. The molecule has 8 aromatic carbocycles. The van der Waals surface area contributed by atoms with Gasteiger partial charge < -0.3 is 4.90 Å². The highest BCUT2D eigenvalue weighted by Crippen LogP contribution is 2.41. The van der Waals surface area contributed by atoms with Crippen LogP contribution < -0.4 is 4.90 Å². The number of hydrogen-bond acceptors (Lipinski definition) is 5. The Bertz CT molecular complexity index is 3580. The molecule has 0 aliphatic heterocycles. The first kappa shape index (κ1) is 20.0. The quantitative estimate of drug-likeness (QED) is 0.139. The third-order valence-electron chi connectivity index (χ3n) is 8.31. The lowest BCUT2D eigenvalue weighted by Crippen LogP contribution is -2.09. The number of benzene rings is 8. The lowest BCUT2D eigenvalue weighted by molar-refractivity contribution is 1.07. The molecule has 0 N–H and O–H groups in total. The molecule has 5 heteroatoms. The van der Waals surface area contributed by atoms with E-state index in [0.29, 0.717) is 27.0 Å². The number of para-hydroxylation sites is 1. The highest BCUT2D eigenvalue weighted by molar-refractivity contribution is 7.99. The fourth-order valence-electron chi connectivity index (χ4n) is 5.67. The predicted octanol–water partition coefficient (Wildman–Crippen LogP) is 13.8. The Morgan fingerprint density at radius 3 is 1.38 bits per heavy atom. The molecule has 0 aliphatic rings. The summed E-state index contributed by atoms with van der Waals surface area (Å²) in [5.74, 6) is 1.06. The van der Waals surface area contributed by atoms with Crippen LogP contribution in [0.4, 0.5) is 17.1 Å². The standard InChI is InChI=1S/C51H36N4S/c1-6-16-37(17-7-1)38-26-31-44(32-27-38)55(43-22-12-4-13-23-43)45-33-28-39(29-34-45)47-35-30-42(36-48(47)56-46-24-14-5-15-25-46)51-53-49(40-18-8-2-9-19-40)52-50(54-51)41-20-10-3-11-21-41/h1-36H/i1D,4D,6D,7D,12D,13D,16D,17D,22D,23D,26D,27D,28D,29D,31D,32D,33D,34D. The Morgan fingerprint density at radius 2 is 0.821 bits per heavy atom. The Kier molecular flexibility index (Phi) is 5.76. The molecule has 1 heterocycles. The molecule has 9 aromatic rings. The normalized spacial score (nSPS) is 15.4. The van der Waals surface area contributed by atoms with E-state index in [1.807, 2.05) is 91.0 Å².